The second-order valence-corrected chi connectivity index (χ2v) is 6.03. The van der Waals surface area contributed by atoms with Crippen molar-refractivity contribution in [2.24, 2.45) is 0 Å². The highest BCUT2D eigenvalue weighted by Gasteiger charge is 2.18. The minimum Gasteiger partial charge on any atom is -0.454 e. The Morgan fingerprint density at radius 1 is 1.11 bits per heavy atom. The summed E-state index contributed by atoms with van der Waals surface area (Å²) in [5.41, 5.74) is 2.23. The molecule has 140 valence electrons. The summed E-state index contributed by atoms with van der Waals surface area (Å²) in [6, 6.07) is 15.9. The van der Waals surface area contributed by atoms with E-state index in [-0.39, 0.29) is 12.4 Å². The van der Waals surface area contributed by atoms with Gasteiger partial charge >= 0.3 is 12.5 Å². The third kappa shape index (κ3) is 3.46. The van der Waals surface area contributed by atoms with Crippen molar-refractivity contribution in [3.05, 3.63) is 78.3 Å². The molecule has 0 spiro atoms. The van der Waals surface area contributed by atoms with Gasteiger partial charge in [0.1, 0.15) is 6.61 Å². The quantitative estimate of drug-likeness (QED) is 0.371. The summed E-state index contributed by atoms with van der Waals surface area (Å²) in [5, 5.41) is 0.948. The Hall–Kier alpha value is -3.61. The SMILES string of the molecule is O=C(/C=C\c1cccc2cccnc12)OCc1nc2ccccc2n1C(F)F. The topological polar surface area (TPSA) is 57.0 Å². The molecule has 0 aliphatic rings. The Kier molecular flexibility index (Phi) is 4.80. The Morgan fingerprint density at radius 3 is 2.79 bits per heavy atom. The van der Waals surface area contributed by atoms with Crippen molar-refractivity contribution in [2.45, 2.75) is 13.2 Å². The summed E-state index contributed by atoms with van der Waals surface area (Å²) in [6.45, 7) is -3.13. The Morgan fingerprint density at radius 2 is 1.93 bits per heavy atom. The number of carbonyl (C=O) groups is 1. The largest absolute Gasteiger partial charge is 0.454 e. The number of alkyl halides is 2. The van der Waals surface area contributed by atoms with Gasteiger partial charge in [-0.2, -0.15) is 8.78 Å². The highest BCUT2D eigenvalue weighted by atomic mass is 19.3. The number of fused-ring (bicyclic) bond motifs is 2. The maximum absolute atomic E-state index is 13.4. The van der Waals surface area contributed by atoms with E-state index in [1.165, 1.54) is 6.08 Å². The van der Waals surface area contributed by atoms with Crippen LogP contribution in [0.3, 0.4) is 0 Å². The Balaban J connectivity index is 1.51. The van der Waals surface area contributed by atoms with Crippen LogP contribution in [0.4, 0.5) is 8.78 Å². The van der Waals surface area contributed by atoms with E-state index < -0.39 is 12.5 Å². The second-order valence-electron chi connectivity index (χ2n) is 6.03. The number of nitrogens with zero attached hydrogens (tertiary/aromatic N) is 3. The molecule has 5 nitrogen and oxygen atoms in total. The van der Waals surface area contributed by atoms with Gasteiger partial charge in [0.25, 0.3) is 0 Å². The van der Waals surface area contributed by atoms with Crippen molar-refractivity contribution < 1.29 is 18.3 Å². The molecule has 0 saturated carbocycles. The number of aromatic nitrogens is 3. The number of halogens is 2. The molecule has 28 heavy (non-hydrogen) atoms. The monoisotopic (exact) mass is 379 g/mol. The second kappa shape index (κ2) is 7.56. The smallest absolute Gasteiger partial charge is 0.331 e. The lowest BCUT2D eigenvalue weighted by atomic mass is 10.1. The fourth-order valence-electron chi connectivity index (χ4n) is 3.02. The molecule has 0 aliphatic carbocycles. The number of imidazole rings is 1. The van der Waals surface area contributed by atoms with Gasteiger partial charge in [0.05, 0.1) is 16.6 Å². The number of carbonyl (C=O) groups excluding carboxylic acids is 1. The molecule has 4 rings (SSSR count). The molecule has 2 heterocycles. The minimum absolute atomic E-state index is 0.00947. The number of rotatable bonds is 5. The Labute approximate surface area is 158 Å². The molecule has 0 bridgehead atoms. The first-order chi connectivity index (χ1) is 13.6. The maximum atomic E-state index is 13.4. The number of esters is 1. The van der Waals surface area contributed by atoms with Crippen LogP contribution in [0.1, 0.15) is 17.9 Å². The van der Waals surface area contributed by atoms with E-state index in [1.54, 1.807) is 36.5 Å². The van der Waals surface area contributed by atoms with Gasteiger partial charge in [0.2, 0.25) is 0 Å². The standard InChI is InChI=1S/C21H15F2N3O2/c22-21(23)26-17-9-2-1-8-16(17)25-18(26)13-28-19(27)11-10-15-6-3-5-14-7-4-12-24-20(14)15/h1-12,21H,13H2/b11-10-. The van der Waals surface area contributed by atoms with Gasteiger partial charge in [-0.15, -0.1) is 0 Å². The molecule has 0 atom stereocenters. The molecule has 2 aromatic heterocycles. The first-order valence-electron chi connectivity index (χ1n) is 8.56. The van der Waals surface area contributed by atoms with Gasteiger partial charge in [0.15, 0.2) is 5.82 Å². The molecule has 0 unspecified atom stereocenters. The van der Waals surface area contributed by atoms with Crippen LogP contribution in [0.2, 0.25) is 0 Å². The predicted octanol–water partition coefficient (Wildman–Crippen LogP) is 4.74. The van der Waals surface area contributed by atoms with Gasteiger partial charge in [-0.05, 0) is 24.3 Å². The van der Waals surface area contributed by atoms with E-state index in [4.69, 9.17) is 4.74 Å². The number of pyridine rings is 1. The molecular weight excluding hydrogens is 364 g/mol. The zero-order valence-electron chi connectivity index (χ0n) is 14.6. The third-order valence-corrected chi connectivity index (χ3v) is 4.27. The fraction of sp³-hybridized carbons (Fsp3) is 0.0952. The van der Waals surface area contributed by atoms with E-state index >= 15 is 0 Å². The van der Waals surface area contributed by atoms with Crippen LogP contribution < -0.4 is 0 Å². The molecule has 0 aliphatic heterocycles. The lowest BCUT2D eigenvalue weighted by Gasteiger charge is -2.07. The van der Waals surface area contributed by atoms with Crippen LogP contribution >= 0.6 is 0 Å². The van der Waals surface area contributed by atoms with Crippen molar-refractivity contribution in [1.82, 2.24) is 14.5 Å². The van der Waals surface area contributed by atoms with Crippen molar-refractivity contribution in [3.8, 4) is 0 Å². The average Bonchev–Trinajstić information content (AvgIpc) is 3.09. The van der Waals surface area contributed by atoms with Crippen molar-refractivity contribution in [3.63, 3.8) is 0 Å². The minimum atomic E-state index is -2.78. The van der Waals surface area contributed by atoms with Crippen LogP contribution in [0.5, 0.6) is 0 Å². The van der Waals surface area contributed by atoms with Gasteiger partial charge in [-0.1, -0.05) is 36.4 Å². The van der Waals surface area contributed by atoms with E-state index in [0.29, 0.717) is 11.0 Å². The summed E-state index contributed by atoms with van der Waals surface area (Å²) in [4.78, 5) is 20.5. The summed E-state index contributed by atoms with van der Waals surface area (Å²) >= 11 is 0. The van der Waals surface area contributed by atoms with Crippen LogP contribution in [0.25, 0.3) is 28.0 Å². The van der Waals surface area contributed by atoms with Crippen molar-refractivity contribution in [2.75, 3.05) is 0 Å². The third-order valence-electron chi connectivity index (χ3n) is 4.27. The summed E-state index contributed by atoms with van der Waals surface area (Å²) < 4.78 is 32.7. The molecule has 4 aromatic rings. The Bertz CT molecular complexity index is 1180. The molecule has 0 fully saturated rings. The van der Waals surface area contributed by atoms with Crippen LogP contribution in [0.15, 0.2) is 66.9 Å². The molecule has 0 saturated heterocycles. The number of hydrogen-bond acceptors (Lipinski definition) is 4. The first-order valence-corrected chi connectivity index (χ1v) is 8.56. The highest BCUT2D eigenvalue weighted by Crippen LogP contribution is 2.23. The highest BCUT2D eigenvalue weighted by molar-refractivity contribution is 5.92. The summed E-state index contributed by atoms with van der Waals surface area (Å²) in [7, 11) is 0. The normalized spacial score (nSPS) is 11.7. The predicted molar refractivity (Wildman–Crippen MR) is 102 cm³/mol. The van der Waals surface area contributed by atoms with Gasteiger partial charge in [-0.3, -0.25) is 9.55 Å². The van der Waals surface area contributed by atoms with Gasteiger partial charge < -0.3 is 4.74 Å². The fourth-order valence-corrected chi connectivity index (χ4v) is 3.02. The van der Waals surface area contributed by atoms with Crippen LogP contribution in [-0.4, -0.2) is 20.5 Å². The molecule has 0 amide bonds. The summed E-state index contributed by atoms with van der Waals surface area (Å²) in [6.07, 6.45) is 4.51. The van der Waals surface area contributed by atoms with E-state index in [9.17, 15) is 13.6 Å². The zero-order chi connectivity index (χ0) is 19.5. The maximum Gasteiger partial charge on any atom is 0.331 e. The number of ether oxygens (including phenoxy) is 1. The molecular formula is C21H15F2N3O2. The average molecular weight is 379 g/mol. The zero-order valence-corrected chi connectivity index (χ0v) is 14.6. The van der Waals surface area contributed by atoms with Gasteiger partial charge in [-0.25, -0.2) is 9.78 Å². The summed E-state index contributed by atoms with van der Waals surface area (Å²) in [5.74, 6) is -0.661. The molecule has 7 heteroatoms. The van der Waals surface area contributed by atoms with Crippen LogP contribution in [-0.2, 0) is 16.1 Å². The van der Waals surface area contributed by atoms with Crippen molar-refractivity contribution in [1.29, 1.82) is 0 Å². The molecule has 0 N–H and O–H groups in total. The first kappa shape index (κ1) is 17.8. The van der Waals surface area contributed by atoms with E-state index in [0.717, 1.165) is 21.0 Å². The van der Waals surface area contributed by atoms with Crippen molar-refractivity contribution >= 4 is 34.0 Å². The van der Waals surface area contributed by atoms with Gasteiger partial charge in [0, 0.05) is 23.2 Å². The van der Waals surface area contributed by atoms with E-state index in [1.807, 2.05) is 30.3 Å². The van der Waals surface area contributed by atoms with Crippen LogP contribution in [0, 0.1) is 0 Å². The van der Waals surface area contributed by atoms with E-state index in [2.05, 4.69) is 9.97 Å². The lowest BCUT2D eigenvalue weighted by molar-refractivity contribution is -0.139. The number of benzene rings is 2. The number of hydrogen-bond donors (Lipinski definition) is 0. The molecule has 0 radical (unpaired) electrons. The molecule has 2 aromatic carbocycles. The lowest BCUT2D eigenvalue weighted by Crippen LogP contribution is -2.09. The number of para-hydroxylation sites is 3.